The Balaban J connectivity index is 0.00000147. The minimum absolute atomic E-state index is 0. The predicted molar refractivity (Wildman–Crippen MR) is 84.1 cm³/mol. The van der Waals surface area contributed by atoms with Crippen LogP contribution in [0.3, 0.4) is 0 Å². The second-order valence-corrected chi connectivity index (χ2v) is 4.86. The maximum Gasteiger partial charge on any atom is 0.277 e. The van der Waals surface area contributed by atoms with Crippen molar-refractivity contribution in [2.45, 2.75) is 6.42 Å². The summed E-state index contributed by atoms with van der Waals surface area (Å²) < 4.78 is 0. The molecule has 0 saturated carbocycles. The Labute approximate surface area is 127 Å². The highest BCUT2D eigenvalue weighted by molar-refractivity contribution is 6.30. The van der Waals surface area contributed by atoms with Gasteiger partial charge in [0.1, 0.15) is 0 Å². The van der Waals surface area contributed by atoms with E-state index in [0.717, 1.165) is 16.8 Å². The van der Waals surface area contributed by atoms with E-state index in [1.54, 1.807) is 30.3 Å². The molecule has 1 aliphatic heterocycles. The lowest BCUT2D eigenvalue weighted by molar-refractivity contribution is 0.100. The molecule has 0 fully saturated rings. The van der Waals surface area contributed by atoms with Crippen molar-refractivity contribution >= 4 is 41.3 Å². The third kappa shape index (κ3) is 2.55. The van der Waals surface area contributed by atoms with Gasteiger partial charge in [0, 0.05) is 22.7 Å². The normalized spacial score (nSPS) is 13.2. The summed E-state index contributed by atoms with van der Waals surface area (Å²) in [5, 5.41) is 0.659. The number of anilines is 1. The number of benzene rings is 2. The van der Waals surface area contributed by atoms with Crippen LogP contribution in [0.25, 0.3) is 0 Å². The molecule has 20 heavy (non-hydrogen) atoms. The first-order valence-corrected chi connectivity index (χ1v) is 6.28. The van der Waals surface area contributed by atoms with Crippen LogP contribution in [0.15, 0.2) is 47.5 Å². The lowest BCUT2D eigenvalue weighted by Gasteiger charge is -2.17. The van der Waals surface area contributed by atoms with Crippen LogP contribution < -0.4 is 5.73 Å². The van der Waals surface area contributed by atoms with Crippen LogP contribution in [0.4, 0.5) is 5.69 Å². The largest absolute Gasteiger partial charge is 0.398 e. The molecule has 0 saturated heterocycles. The third-order valence-electron chi connectivity index (χ3n) is 3.20. The molecule has 2 aromatic rings. The number of rotatable bonds is 1. The smallest absolute Gasteiger partial charge is 0.277 e. The van der Waals surface area contributed by atoms with Crippen LogP contribution in [0.1, 0.15) is 21.5 Å². The van der Waals surface area contributed by atoms with Crippen LogP contribution in [-0.4, -0.2) is 11.6 Å². The van der Waals surface area contributed by atoms with E-state index in [0.29, 0.717) is 22.7 Å². The molecule has 3 nitrogen and oxygen atoms in total. The Bertz CT molecular complexity index is 694. The van der Waals surface area contributed by atoms with Crippen LogP contribution in [0.5, 0.6) is 0 Å². The van der Waals surface area contributed by atoms with Crippen molar-refractivity contribution in [3.05, 3.63) is 64.2 Å². The Morgan fingerprint density at radius 1 is 1.10 bits per heavy atom. The first kappa shape index (κ1) is 14.6. The number of nitrogens with zero attached hydrogens (tertiary/aromatic N) is 1. The molecule has 2 aromatic carbocycles. The Morgan fingerprint density at radius 2 is 1.80 bits per heavy atom. The first-order chi connectivity index (χ1) is 9.15. The number of carbonyl (C=O) groups is 1. The number of nitrogens with two attached hydrogens (primary N) is 1. The van der Waals surface area contributed by atoms with E-state index < -0.39 is 0 Å². The molecular weight excluding hydrogens is 295 g/mol. The Hall–Kier alpha value is -1.84. The lowest BCUT2D eigenvalue weighted by Crippen LogP contribution is -2.18. The zero-order valence-corrected chi connectivity index (χ0v) is 12.0. The van der Waals surface area contributed by atoms with Gasteiger partial charge in [0.25, 0.3) is 5.91 Å². The number of halogens is 2. The van der Waals surface area contributed by atoms with Crippen molar-refractivity contribution < 1.29 is 4.79 Å². The van der Waals surface area contributed by atoms with Gasteiger partial charge in [-0.05, 0) is 35.4 Å². The summed E-state index contributed by atoms with van der Waals surface area (Å²) in [6.45, 7) is 0. The highest BCUT2D eigenvalue weighted by Crippen LogP contribution is 2.25. The average molecular weight is 307 g/mol. The minimum atomic E-state index is -0.237. The van der Waals surface area contributed by atoms with Gasteiger partial charge in [-0.1, -0.05) is 29.8 Å². The van der Waals surface area contributed by atoms with Gasteiger partial charge >= 0.3 is 0 Å². The van der Waals surface area contributed by atoms with Crippen LogP contribution in [0, 0.1) is 0 Å². The van der Waals surface area contributed by atoms with E-state index in [-0.39, 0.29) is 18.3 Å². The van der Waals surface area contributed by atoms with E-state index in [9.17, 15) is 4.79 Å². The number of hydrogen-bond donors (Lipinski definition) is 1. The Kier molecular flexibility index (Phi) is 4.12. The topological polar surface area (TPSA) is 55.4 Å². The number of amides is 1. The van der Waals surface area contributed by atoms with Crippen LogP contribution in [0.2, 0.25) is 5.02 Å². The molecule has 1 aliphatic rings. The fourth-order valence-corrected chi connectivity index (χ4v) is 2.33. The molecule has 0 spiro atoms. The van der Waals surface area contributed by atoms with Crippen LogP contribution in [-0.2, 0) is 6.42 Å². The molecule has 1 heterocycles. The summed E-state index contributed by atoms with van der Waals surface area (Å²) in [6, 6.07) is 12.6. The molecule has 1 amide bonds. The first-order valence-electron chi connectivity index (χ1n) is 5.90. The predicted octanol–water partition coefficient (Wildman–Crippen LogP) is 3.53. The number of hydrogen-bond acceptors (Lipinski definition) is 2. The highest BCUT2D eigenvalue weighted by atomic mass is 35.5. The maximum absolute atomic E-state index is 12.0. The van der Waals surface area contributed by atoms with E-state index in [1.165, 1.54) is 0 Å². The fourth-order valence-electron chi connectivity index (χ4n) is 2.20. The monoisotopic (exact) mass is 306 g/mol. The second kappa shape index (κ2) is 5.65. The molecule has 0 unspecified atom stereocenters. The zero-order chi connectivity index (χ0) is 13.4. The van der Waals surface area contributed by atoms with Crippen LogP contribution >= 0.6 is 24.0 Å². The maximum atomic E-state index is 12.0. The standard InChI is InChI=1S/C15H11ClN2O.ClH/c16-10-6-4-9(5-7-10)14-8-12-11(15(19)18-14)2-1-3-13(12)17;/h1-7H,8,17H2;1H. The quantitative estimate of drug-likeness (QED) is 0.819. The number of aliphatic imine (C=N–C) groups is 1. The summed E-state index contributed by atoms with van der Waals surface area (Å²) in [5.74, 6) is -0.237. The fraction of sp³-hybridized carbons (Fsp3) is 0.0667. The van der Waals surface area contributed by atoms with Gasteiger partial charge in [-0.2, -0.15) is 0 Å². The van der Waals surface area contributed by atoms with Crippen molar-refractivity contribution in [1.82, 2.24) is 0 Å². The SMILES string of the molecule is Cl.Nc1cccc2c1CC(c1ccc(Cl)cc1)=NC2=O. The summed E-state index contributed by atoms with van der Waals surface area (Å²) in [6.07, 6.45) is 0.565. The molecule has 0 bridgehead atoms. The van der Waals surface area contributed by atoms with Crippen molar-refractivity contribution in [3.63, 3.8) is 0 Å². The van der Waals surface area contributed by atoms with E-state index in [4.69, 9.17) is 17.3 Å². The molecule has 0 aliphatic carbocycles. The van der Waals surface area contributed by atoms with Gasteiger partial charge in [-0.15, -0.1) is 12.4 Å². The van der Waals surface area contributed by atoms with E-state index in [2.05, 4.69) is 4.99 Å². The Morgan fingerprint density at radius 3 is 2.50 bits per heavy atom. The molecule has 0 atom stereocenters. The molecule has 102 valence electrons. The summed E-state index contributed by atoms with van der Waals surface area (Å²) >= 11 is 5.86. The zero-order valence-electron chi connectivity index (χ0n) is 10.5. The number of carbonyl (C=O) groups excluding carboxylic acids is 1. The van der Waals surface area contributed by atoms with Gasteiger partial charge in [0.2, 0.25) is 0 Å². The molecular formula is C15H12Cl2N2O. The van der Waals surface area contributed by atoms with E-state index in [1.807, 2.05) is 12.1 Å². The molecule has 0 aromatic heterocycles. The van der Waals surface area contributed by atoms with Gasteiger partial charge in [0.15, 0.2) is 0 Å². The van der Waals surface area contributed by atoms with E-state index >= 15 is 0 Å². The van der Waals surface area contributed by atoms with Gasteiger partial charge in [-0.25, -0.2) is 4.99 Å². The third-order valence-corrected chi connectivity index (χ3v) is 3.45. The van der Waals surface area contributed by atoms with Crippen molar-refractivity contribution in [3.8, 4) is 0 Å². The molecule has 3 rings (SSSR count). The van der Waals surface area contributed by atoms with Crippen molar-refractivity contribution in [1.29, 1.82) is 0 Å². The van der Waals surface area contributed by atoms with Crippen molar-refractivity contribution in [2.24, 2.45) is 4.99 Å². The highest BCUT2D eigenvalue weighted by Gasteiger charge is 2.21. The summed E-state index contributed by atoms with van der Waals surface area (Å²) in [4.78, 5) is 16.2. The molecule has 2 N–H and O–H groups in total. The second-order valence-electron chi connectivity index (χ2n) is 4.42. The molecule has 5 heteroatoms. The number of fused-ring (bicyclic) bond motifs is 1. The van der Waals surface area contributed by atoms with Gasteiger partial charge in [-0.3, -0.25) is 4.79 Å². The average Bonchev–Trinajstić information content (AvgIpc) is 2.41. The minimum Gasteiger partial charge on any atom is -0.398 e. The summed E-state index contributed by atoms with van der Waals surface area (Å²) in [7, 11) is 0. The molecule has 0 radical (unpaired) electrons. The van der Waals surface area contributed by atoms with Crippen molar-refractivity contribution in [2.75, 3.05) is 5.73 Å². The van der Waals surface area contributed by atoms with Gasteiger partial charge in [0.05, 0.1) is 5.71 Å². The number of nitrogen functional groups attached to an aromatic ring is 1. The van der Waals surface area contributed by atoms with Gasteiger partial charge < -0.3 is 5.73 Å². The lowest BCUT2D eigenvalue weighted by atomic mass is 9.93. The summed E-state index contributed by atoms with van der Waals surface area (Å²) in [5.41, 5.74) is 9.64.